The number of aldehydes is 1. The van der Waals surface area contributed by atoms with Gasteiger partial charge in [-0.15, -0.1) is 0 Å². The second-order valence-electron chi connectivity index (χ2n) is 3.39. The van der Waals surface area contributed by atoms with E-state index in [1.807, 2.05) is 19.9 Å². The molecule has 0 heterocycles. The topological polar surface area (TPSA) is 37.3 Å². The molecule has 2 heteroatoms. The van der Waals surface area contributed by atoms with Gasteiger partial charge in [0, 0.05) is 5.92 Å². The third-order valence-corrected chi connectivity index (χ3v) is 2.14. The lowest BCUT2D eigenvalue weighted by Gasteiger charge is -2.09. The van der Waals surface area contributed by atoms with Crippen molar-refractivity contribution in [1.29, 1.82) is 0 Å². The van der Waals surface area contributed by atoms with Crippen LogP contribution < -0.4 is 0 Å². The van der Waals surface area contributed by atoms with E-state index in [0.717, 1.165) is 17.4 Å². The zero-order chi connectivity index (χ0) is 9.84. The zero-order valence-electron chi connectivity index (χ0n) is 7.95. The fourth-order valence-corrected chi connectivity index (χ4v) is 1.32. The van der Waals surface area contributed by atoms with Crippen LogP contribution in [-0.2, 0) is 11.2 Å². The molecule has 0 aromatic heterocycles. The van der Waals surface area contributed by atoms with Crippen LogP contribution in [0.3, 0.4) is 0 Å². The van der Waals surface area contributed by atoms with Crippen molar-refractivity contribution in [2.75, 3.05) is 0 Å². The molecular weight excluding hydrogens is 164 g/mol. The molecule has 2 nitrogen and oxygen atoms in total. The Balaban J connectivity index is 2.93. The van der Waals surface area contributed by atoms with E-state index in [9.17, 15) is 9.90 Å². The van der Waals surface area contributed by atoms with Crippen molar-refractivity contribution in [2.45, 2.75) is 20.3 Å². The summed E-state index contributed by atoms with van der Waals surface area (Å²) >= 11 is 0. The predicted octanol–water partition coefficient (Wildman–Crippen LogP) is 2.08. The Hall–Kier alpha value is -1.31. The van der Waals surface area contributed by atoms with Gasteiger partial charge in [0.2, 0.25) is 0 Å². The minimum absolute atomic E-state index is 0.0352. The second-order valence-corrected chi connectivity index (χ2v) is 3.39. The number of rotatable bonds is 3. The first-order valence-electron chi connectivity index (χ1n) is 4.38. The van der Waals surface area contributed by atoms with Gasteiger partial charge in [0.1, 0.15) is 12.0 Å². The molecular formula is C11H14O2. The fraction of sp³-hybridized carbons (Fsp3) is 0.364. The summed E-state index contributed by atoms with van der Waals surface area (Å²) in [4.78, 5) is 10.5. The van der Waals surface area contributed by atoms with Gasteiger partial charge in [0.05, 0.1) is 0 Å². The Kier molecular flexibility index (Phi) is 3.07. The van der Waals surface area contributed by atoms with Crippen LogP contribution in [0.1, 0.15) is 18.1 Å². The van der Waals surface area contributed by atoms with E-state index < -0.39 is 0 Å². The van der Waals surface area contributed by atoms with Crippen LogP contribution in [0.5, 0.6) is 5.75 Å². The van der Waals surface area contributed by atoms with E-state index in [4.69, 9.17) is 0 Å². The van der Waals surface area contributed by atoms with Gasteiger partial charge in [0.15, 0.2) is 0 Å². The molecule has 1 rings (SSSR count). The van der Waals surface area contributed by atoms with Gasteiger partial charge >= 0.3 is 0 Å². The molecule has 1 unspecified atom stereocenters. The van der Waals surface area contributed by atoms with Gasteiger partial charge in [-0.3, -0.25) is 0 Å². The van der Waals surface area contributed by atoms with E-state index in [1.54, 1.807) is 12.1 Å². The van der Waals surface area contributed by atoms with E-state index >= 15 is 0 Å². The lowest BCUT2D eigenvalue weighted by atomic mass is 9.97. The molecule has 1 aromatic rings. The summed E-state index contributed by atoms with van der Waals surface area (Å²) in [5.74, 6) is 0.251. The first kappa shape index (κ1) is 9.78. The average Bonchev–Trinajstić information content (AvgIpc) is 2.11. The molecule has 1 aromatic carbocycles. The smallest absolute Gasteiger partial charge is 0.123 e. The van der Waals surface area contributed by atoms with Gasteiger partial charge in [-0.25, -0.2) is 0 Å². The van der Waals surface area contributed by atoms with Crippen molar-refractivity contribution in [3.63, 3.8) is 0 Å². The zero-order valence-corrected chi connectivity index (χ0v) is 7.95. The predicted molar refractivity (Wildman–Crippen MR) is 51.8 cm³/mol. The number of carbonyl (C=O) groups excluding carboxylic acids is 1. The largest absolute Gasteiger partial charge is 0.508 e. The lowest BCUT2D eigenvalue weighted by Crippen LogP contribution is -2.02. The van der Waals surface area contributed by atoms with Crippen LogP contribution in [0.2, 0.25) is 0 Å². The SMILES string of the molecule is Cc1cccc(O)c1CC(C)C=O. The van der Waals surface area contributed by atoms with Crippen LogP contribution in [-0.4, -0.2) is 11.4 Å². The molecule has 0 spiro atoms. The number of carbonyl (C=O) groups is 1. The van der Waals surface area contributed by atoms with E-state index in [0.29, 0.717) is 6.42 Å². The highest BCUT2D eigenvalue weighted by Gasteiger charge is 2.08. The van der Waals surface area contributed by atoms with Crippen LogP contribution in [0, 0.1) is 12.8 Å². The number of hydrogen-bond donors (Lipinski definition) is 1. The van der Waals surface area contributed by atoms with Gasteiger partial charge < -0.3 is 9.90 Å². The van der Waals surface area contributed by atoms with Crippen molar-refractivity contribution < 1.29 is 9.90 Å². The molecule has 1 N–H and O–H groups in total. The molecule has 0 bridgehead atoms. The number of phenolic OH excluding ortho intramolecular Hbond substituents is 1. The van der Waals surface area contributed by atoms with Crippen LogP contribution in [0.4, 0.5) is 0 Å². The standard InChI is InChI=1S/C11H14O2/c1-8(7-12)6-10-9(2)4-3-5-11(10)13/h3-5,7-8,13H,6H2,1-2H3. The normalized spacial score (nSPS) is 12.5. The first-order valence-corrected chi connectivity index (χ1v) is 4.38. The Morgan fingerprint density at radius 1 is 1.54 bits per heavy atom. The van der Waals surface area contributed by atoms with Crippen molar-refractivity contribution in [3.05, 3.63) is 29.3 Å². The van der Waals surface area contributed by atoms with Gasteiger partial charge in [-0.1, -0.05) is 19.1 Å². The van der Waals surface area contributed by atoms with E-state index in [-0.39, 0.29) is 11.7 Å². The first-order chi connectivity index (χ1) is 6.15. The summed E-state index contributed by atoms with van der Waals surface area (Å²) in [6.45, 7) is 3.78. The third kappa shape index (κ3) is 2.31. The second kappa shape index (κ2) is 4.08. The summed E-state index contributed by atoms with van der Waals surface area (Å²) in [7, 11) is 0. The molecule has 0 saturated carbocycles. The van der Waals surface area contributed by atoms with Crippen molar-refractivity contribution in [1.82, 2.24) is 0 Å². The summed E-state index contributed by atoms with van der Waals surface area (Å²) in [5.41, 5.74) is 1.91. The molecule has 13 heavy (non-hydrogen) atoms. The maximum absolute atomic E-state index is 10.5. The summed E-state index contributed by atoms with van der Waals surface area (Å²) < 4.78 is 0. The highest BCUT2D eigenvalue weighted by Crippen LogP contribution is 2.22. The number of benzene rings is 1. The van der Waals surface area contributed by atoms with Gasteiger partial charge in [-0.2, -0.15) is 0 Å². The Morgan fingerprint density at radius 2 is 2.23 bits per heavy atom. The molecule has 0 radical (unpaired) electrons. The summed E-state index contributed by atoms with van der Waals surface area (Å²) in [5, 5.41) is 9.52. The minimum Gasteiger partial charge on any atom is -0.508 e. The molecule has 0 aliphatic carbocycles. The highest BCUT2D eigenvalue weighted by molar-refractivity contribution is 5.54. The lowest BCUT2D eigenvalue weighted by molar-refractivity contribution is -0.110. The average molecular weight is 178 g/mol. The maximum Gasteiger partial charge on any atom is 0.123 e. The molecule has 0 aliphatic rings. The van der Waals surface area contributed by atoms with Crippen molar-refractivity contribution in [3.8, 4) is 5.75 Å². The summed E-state index contributed by atoms with van der Waals surface area (Å²) in [6, 6.07) is 5.40. The van der Waals surface area contributed by atoms with Crippen molar-refractivity contribution >= 4 is 6.29 Å². The Bertz CT molecular complexity index is 285. The molecule has 0 saturated heterocycles. The maximum atomic E-state index is 10.5. The quantitative estimate of drug-likeness (QED) is 0.719. The monoisotopic (exact) mass is 178 g/mol. The number of phenols is 1. The van der Waals surface area contributed by atoms with Crippen molar-refractivity contribution in [2.24, 2.45) is 5.92 Å². The highest BCUT2D eigenvalue weighted by atomic mass is 16.3. The van der Waals surface area contributed by atoms with Crippen LogP contribution >= 0.6 is 0 Å². The Labute approximate surface area is 78.2 Å². The van der Waals surface area contributed by atoms with Crippen LogP contribution in [0.25, 0.3) is 0 Å². The van der Waals surface area contributed by atoms with Gasteiger partial charge in [-0.05, 0) is 30.5 Å². The van der Waals surface area contributed by atoms with E-state index in [2.05, 4.69) is 0 Å². The minimum atomic E-state index is -0.0352. The number of hydrogen-bond acceptors (Lipinski definition) is 2. The molecule has 0 fully saturated rings. The number of aryl methyl sites for hydroxylation is 1. The number of aromatic hydroxyl groups is 1. The third-order valence-electron chi connectivity index (χ3n) is 2.14. The molecule has 0 amide bonds. The van der Waals surface area contributed by atoms with Gasteiger partial charge in [0.25, 0.3) is 0 Å². The molecule has 1 atom stereocenters. The molecule has 70 valence electrons. The summed E-state index contributed by atoms with van der Waals surface area (Å²) in [6.07, 6.45) is 1.52. The molecule has 0 aliphatic heterocycles. The van der Waals surface area contributed by atoms with E-state index in [1.165, 1.54) is 0 Å². The van der Waals surface area contributed by atoms with Crippen LogP contribution in [0.15, 0.2) is 18.2 Å². The fourth-order valence-electron chi connectivity index (χ4n) is 1.32. The Morgan fingerprint density at radius 3 is 2.77 bits per heavy atom.